The molecule has 158 valence electrons. The average Bonchev–Trinajstić information content (AvgIpc) is 3.10. The first-order chi connectivity index (χ1) is 14.8. The summed E-state index contributed by atoms with van der Waals surface area (Å²) in [5.74, 6) is -1.11. The lowest BCUT2D eigenvalue weighted by molar-refractivity contribution is -0.113. The van der Waals surface area contributed by atoms with Crippen LogP contribution in [-0.4, -0.2) is 26.2 Å². The van der Waals surface area contributed by atoms with Crippen molar-refractivity contribution in [2.75, 3.05) is 11.1 Å². The molecule has 2 aromatic carbocycles. The Morgan fingerprint density at radius 1 is 1.19 bits per heavy atom. The molecule has 9 heteroatoms. The van der Waals surface area contributed by atoms with Crippen molar-refractivity contribution in [2.24, 2.45) is 0 Å². The van der Waals surface area contributed by atoms with Gasteiger partial charge in [-0.2, -0.15) is 0 Å². The molecule has 0 radical (unpaired) electrons. The summed E-state index contributed by atoms with van der Waals surface area (Å²) in [4.78, 5) is 33.2. The van der Waals surface area contributed by atoms with Gasteiger partial charge in [0.15, 0.2) is 5.16 Å². The van der Waals surface area contributed by atoms with E-state index in [1.807, 2.05) is 38.1 Å². The third-order valence-corrected chi connectivity index (χ3v) is 5.76. The van der Waals surface area contributed by atoms with E-state index in [1.165, 1.54) is 16.7 Å². The van der Waals surface area contributed by atoms with Gasteiger partial charge in [0.2, 0.25) is 5.91 Å². The Kier molecular flexibility index (Phi) is 5.84. The van der Waals surface area contributed by atoms with E-state index in [4.69, 9.17) is 11.6 Å². The highest BCUT2D eigenvalue weighted by Gasteiger charge is 2.17. The molecule has 0 aliphatic carbocycles. The van der Waals surface area contributed by atoms with Gasteiger partial charge in [-0.1, -0.05) is 41.1 Å². The first-order valence-corrected chi connectivity index (χ1v) is 10.8. The summed E-state index contributed by atoms with van der Waals surface area (Å²) >= 11 is 6.84. The van der Waals surface area contributed by atoms with Crippen LogP contribution >= 0.6 is 23.4 Å². The fourth-order valence-corrected chi connectivity index (χ4v) is 4.07. The second-order valence-electron chi connectivity index (χ2n) is 7.04. The minimum atomic E-state index is -0.621. The molecule has 4 rings (SSSR count). The largest absolute Gasteiger partial charge is 0.353 e. The molecule has 0 atom stereocenters. The molecule has 1 amide bonds. The van der Waals surface area contributed by atoms with Crippen molar-refractivity contribution in [3.8, 4) is 5.69 Å². The van der Waals surface area contributed by atoms with E-state index in [9.17, 15) is 14.0 Å². The number of hydrogen-bond acceptors (Lipinski definition) is 4. The number of rotatable bonds is 5. The molecule has 2 heterocycles. The molecule has 0 unspecified atom stereocenters. The minimum absolute atomic E-state index is 0.0376. The first-order valence-electron chi connectivity index (χ1n) is 9.39. The lowest BCUT2D eigenvalue weighted by Crippen LogP contribution is -2.23. The summed E-state index contributed by atoms with van der Waals surface area (Å²) in [6.45, 7) is 3.80. The van der Waals surface area contributed by atoms with Crippen LogP contribution < -0.4 is 10.9 Å². The number of aromatic amines is 1. The van der Waals surface area contributed by atoms with Gasteiger partial charge in [-0.3, -0.25) is 14.2 Å². The fraction of sp³-hybridized carbons (Fsp3) is 0.136. The van der Waals surface area contributed by atoms with Crippen LogP contribution in [0.2, 0.25) is 5.02 Å². The molecule has 2 N–H and O–H groups in total. The van der Waals surface area contributed by atoms with Crippen LogP contribution in [0.5, 0.6) is 0 Å². The summed E-state index contributed by atoms with van der Waals surface area (Å²) in [7, 11) is 0. The van der Waals surface area contributed by atoms with Gasteiger partial charge in [-0.15, -0.1) is 0 Å². The highest BCUT2D eigenvalue weighted by Crippen LogP contribution is 2.23. The minimum Gasteiger partial charge on any atom is -0.353 e. The Labute approximate surface area is 186 Å². The van der Waals surface area contributed by atoms with Crippen molar-refractivity contribution in [3.63, 3.8) is 0 Å². The lowest BCUT2D eigenvalue weighted by Gasteiger charge is -2.12. The number of nitrogens with one attached hydrogen (secondary N) is 2. The Bertz CT molecular complexity index is 1350. The van der Waals surface area contributed by atoms with Crippen LogP contribution in [0.1, 0.15) is 11.3 Å². The van der Waals surface area contributed by atoms with Gasteiger partial charge >= 0.3 is 0 Å². The van der Waals surface area contributed by atoms with Gasteiger partial charge in [0.05, 0.1) is 22.6 Å². The molecule has 0 saturated heterocycles. The molecule has 0 spiro atoms. The number of anilines is 1. The standard InChI is InChI=1S/C22H18ClFN4O2S/c1-12-3-6-15(7-4-12)28-21(30)20-18(9-13(2)25-20)27-22(28)31-11-19(29)26-17-8-5-14(23)10-16(17)24/h3-10,25H,11H2,1-2H3,(H,26,29). The van der Waals surface area contributed by atoms with Crippen molar-refractivity contribution >= 4 is 46.0 Å². The van der Waals surface area contributed by atoms with Gasteiger partial charge in [-0.25, -0.2) is 9.37 Å². The number of benzene rings is 2. The number of fused-ring (bicyclic) bond motifs is 1. The quantitative estimate of drug-likeness (QED) is 0.332. The van der Waals surface area contributed by atoms with Crippen molar-refractivity contribution in [3.05, 3.63) is 81.0 Å². The maximum Gasteiger partial charge on any atom is 0.283 e. The smallest absolute Gasteiger partial charge is 0.283 e. The number of halogens is 2. The van der Waals surface area contributed by atoms with Gasteiger partial charge in [0.1, 0.15) is 11.3 Å². The van der Waals surface area contributed by atoms with Crippen LogP contribution in [0.25, 0.3) is 16.7 Å². The third-order valence-electron chi connectivity index (χ3n) is 4.59. The lowest BCUT2D eigenvalue weighted by atomic mass is 10.2. The molecule has 31 heavy (non-hydrogen) atoms. The van der Waals surface area contributed by atoms with Crippen molar-refractivity contribution < 1.29 is 9.18 Å². The zero-order valence-corrected chi connectivity index (χ0v) is 18.3. The number of nitrogens with zero attached hydrogens (tertiary/aromatic N) is 2. The summed E-state index contributed by atoms with van der Waals surface area (Å²) < 4.78 is 15.4. The third kappa shape index (κ3) is 4.50. The number of amides is 1. The number of carbonyl (C=O) groups excluding carboxylic acids is 1. The number of aromatic nitrogens is 3. The number of H-pyrrole nitrogens is 1. The van der Waals surface area contributed by atoms with Crippen LogP contribution in [0, 0.1) is 19.7 Å². The zero-order valence-electron chi connectivity index (χ0n) is 16.7. The molecule has 0 aliphatic rings. The van der Waals surface area contributed by atoms with Gasteiger partial charge in [-0.05, 0) is 50.2 Å². The molecule has 0 aliphatic heterocycles. The molecule has 0 fully saturated rings. The molecule has 4 aromatic rings. The predicted octanol–water partition coefficient (Wildman–Crippen LogP) is 4.85. The summed E-state index contributed by atoms with van der Waals surface area (Å²) in [6.07, 6.45) is 0. The maximum absolute atomic E-state index is 14.0. The molecular weight excluding hydrogens is 439 g/mol. The van der Waals surface area contributed by atoms with E-state index < -0.39 is 11.7 Å². The fourth-order valence-electron chi connectivity index (χ4n) is 3.10. The summed E-state index contributed by atoms with van der Waals surface area (Å²) in [6, 6.07) is 13.3. The SMILES string of the molecule is Cc1ccc(-n2c(SCC(=O)Nc3ccc(Cl)cc3F)nc3cc(C)[nH]c3c2=O)cc1. The Morgan fingerprint density at radius 3 is 2.65 bits per heavy atom. The normalized spacial score (nSPS) is 11.1. The van der Waals surface area contributed by atoms with Crippen LogP contribution in [0.3, 0.4) is 0 Å². The highest BCUT2D eigenvalue weighted by molar-refractivity contribution is 7.99. The number of aryl methyl sites for hydroxylation is 2. The number of hydrogen-bond donors (Lipinski definition) is 2. The van der Waals surface area contributed by atoms with Crippen molar-refractivity contribution in [2.45, 2.75) is 19.0 Å². The van der Waals surface area contributed by atoms with E-state index in [-0.39, 0.29) is 22.0 Å². The topological polar surface area (TPSA) is 79.8 Å². The number of thioether (sulfide) groups is 1. The highest BCUT2D eigenvalue weighted by atomic mass is 35.5. The van der Waals surface area contributed by atoms with Crippen molar-refractivity contribution in [1.82, 2.24) is 14.5 Å². The predicted molar refractivity (Wildman–Crippen MR) is 122 cm³/mol. The summed E-state index contributed by atoms with van der Waals surface area (Å²) in [5, 5.41) is 3.13. The Morgan fingerprint density at radius 2 is 1.94 bits per heavy atom. The Balaban J connectivity index is 1.66. The second kappa shape index (κ2) is 8.56. The second-order valence-corrected chi connectivity index (χ2v) is 8.42. The average molecular weight is 457 g/mol. The van der Waals surface area contributed by atoms with E-state index >= 15 is 0 Å². The van der Waals surface area contributed by atoms with Crippen molar-refractivity contribution in [1.29, 1.82) is 0 Å². The van der Waals surface area contributed by atoms with E-state index in [2.05, 4.69) is 15.3 Å². The molecule has 6 nitrogen and oxygen atoms in total. The number of carbonyl (C=O) groups is 1. The zero-order chi connectivity index (χ0) is 22.1. The van der Waals surface area contributed by atoms with E-state index in [0.717, 1.165) is 29.1 Å². The monoisotopic (exact) mass is 456 g/mol. The molecule has 2 aromatic heterocycles. The van der Waals surface area contributed by atoms with E-state index in [0.29, 0.717) is 21.9 Å². The van der Waals surface area contributed by atoms with Gasteiger partial charge in [0.25, 0.3) is 5.56 Å². The molecule has 0 saturated carbocycles. The first kappa shape index (κ1) is 21.1. The van der Waals surface area contributed by atoms with Crippen LogP contribution in [0.15, 0.2) is 58.5 Å². The summed E-state index contributed by atoms with van der Waals surface area (Å²) in [5.41, 5.74) is 3.22. The molecule has 0 bridgehead atoms. The van der Waals surface area contributed by atoms with Crippen LogP contribution in [0.4, 0.5) is 10.1 Å². The maximum atomic E-state index is 14.0. The van der Waals surface area contributed by atoms with Gasteiger partial charge in [0, 0.05) is 10.7 Å². The Hall–Kier alpha value is -3.10. The van der Waals surface area contributed by atoms with E-state index in [1.54, 1.807) is 6.07 Å². The van der Waals surface area contributed by atoms with Gasteiger partial charge < -0.3 is 10.3 Å². The molecular formula is C22H18ClFN4O2S. The van der Waals surface area contributed by atoms with Crippen LogP contribution in [-0.2, 0) is 4.79 Å².